The van der Waals surface area contributed by atoms with Crippen molar-refractivity contribution >= 4 is 23.2 Å². The number of benzene rings is 2. The van der Waals surface area contributed by atoms with Crippen LogP contribution in [0.3, 0.4) is 0 Å². The third-order valence-corrected chi connectivity index (χ3v) is 7.12. The van der Waals surface area contributed by atoms with Crippen LogP contribution in [0.4, 0.5) is 10.1 Å². The van der Waals surface area contributed by atoms with Crippen molar-refractivity contribution in [3.63, 3.8) is 0 Å². The molecule has 8 heteroatoms. The topological polar surface area (TPSA) is 85.6 Å². The molecule has 2 aliphatic rings. The van der Waals surface area contributed by atoms with Crippen LogP contribution in [0.5, 0.6) is 5.75 Å². The Bertz CT molecular complexity index is 1060. The Labute approximate surface area is 204 Å². The fourth-order valence-corrected chi connectivity index (χ4v) is 4.91. The molecule has 1 aliphatic carbocycles. The third kappa shape index (κ3) is 5.81. The molecule has 34 heavy (non-hydrogen) atoms. The summed E-state index contributed by atoms with van der Waals surface area (Å²) in [5.41, 5.74) is 1.23. The van der Waals surface area contributed by atoms with Crippen molar-refractivity contribution in [1.29, 1.82) is 5.26 Å². The first-order chi connectivity index (χ1) is 16.5. The molecular formula is C26H29ClFN3O3. The number of nitrogens with zero attached hydrogens (tertiary/aromatic N) is 2. The van der Waals surface area contributed by atoms with E-state index in [1.165, 1.54) is 6.07 Å². The number of carbonyl (C=O) groups excluding carboxylic acids is 1. The summed E-state index contributed by atoms with van der Waals surface area (Å²) >= 11 is 6.07. The van der Waals surface area contributed by atoms with Crippen molar-refractivity contribution in [1.82, 2.24) is 5.32 Å². The van der Waals surface area contributed by atoms with Crippen LogP contribution in [0.15, 0.2) is 36.4 Å². The number of piperidine rings is 1. The Morgan fingerprint density at radius 1 is 1.15 bits per heavy atom. The first-order valence-electron chi connectivity index (χ1n) is 11.8. The molecule has 1 saturated heterocycles. The summed E-state index contributed by atoms with van der Waals surface area (Å²) < 4.78 is 20.8. The summed E-state index contributed by atoms with van der Waals surface area (Å²) in [4.78, 5) is 14.8. The minimum absolute atomic E-state index is 0.00291. The average Bonchev–Trinajstić information content (AvgIpc) is 2.85. The highest BCUT2D eigenvalue weighted by atomic mass is 35.5. The lowest BCUT2D eigenvalue weighted by Crippen LogP contribution is -2.40. The molecule has 0 atom stereocenters. The SMILES string of the molecule is N#Cc1ccc(OC2CCC(NC(=O)c3ccc(N4CCC(CO)CC4)cc3F)CC2)cc1Cl. The van der Waals surface area contributed by atoms with Gasteiger partial charge in [0.25, 0.3) is 5.91 Å². The van der Waals surface area contributed by atoms with Gasteiger partial charge in [0.05, 0.1) is 22.3 Å². The standard InChI is InChI=1S/C26H29ClFN3O3/c27-24-14-22(5-1-18(24)15-29)34-21-6-2-19(3-7-21)30-26(33)23-8-4-20(13-25(23)28)31-11-9-17(16-32)10-12-31/h1,4-5,8,13-14,17,19,21,32H,2-3,6-7,9-12,16H2,(H,30,33). The number of rotatable bonds is 6. The molecule has 2 fully saturated rings. The number of ether oxygens (including phenoxy) is 1. The quantitative estimate of drug-likeness (QED) is 0.620. The molecule has 4 rings (SSSR count). The number of aliphatic hydroxyl groups is 1. The maximum atomic E-state index is 14.8. The van der Waals surface area contributed by atoms with Crippen LogP contribution in [0.2, 0.25) is 5.02 Å². The van der Waals surface area contributed by atoms with E-state index < -0.39 is 11.7 Å². The van der Waals surface area contributed by atoms with Crippen LogP contribution in [-0.2, 0) is 0 Å². The van der Waals surface area contributed by atoms with Gasteiger partial charge in [0, 0.05) is 37.5 Å². The molecule has 0 spiro atoms. The second kappa shape index (κ2) is 11.1. The summed E-state index contributed by atoms with van der Waals surface area (Å²) in [5.74, 6) is 0.0214. The third-order valence-electron chi connectivity index (χ3n) is 6.81. The van der Waals surface area contributed by atoms with E-state index in [9.17, 15) is 14.3 Å². The highest BCUT2D eigenvalue weighted by Gasteiger charge is 2.26. The zero-order valence-corrected chi connectivity index (χ0v) is 19.7. The number of anilines is 1. The molecule has 0 radical (unpaired) electrons. The Morgan fingerprint density at radius 2 is 1.88 bits per heavy atom. The number of carbonyl (C=O) groups is 1. The van der Waals surface area contributed by atoms with Gasteiger partial charge >= 0.3 is 0 Å². The Morgan fingerprint density at radius 3 is 2.50 bits per heavy atom. The minimum Gasteiger partial charge on any atom is -0.490 e. The van der Waals surface area contributed by atoms with Crippen molar-refractivity contribution in [3.8, 4) is 11.8 Å². The Hall–Kier alpha value is -2.82. The Balaban J connectivity index is 1.27. The van der Waals surface area contributed by atoms with E-state index in [1.807, 2.05) is 6.07 Å². The van der Waals surface area contributed by atoms with Crippen LogP contribution in [-0.4, -0.2) is 42.9 Å². The van der Waals surface area contributed by atoms with Gasteiger partial charge in [-0.3, -0.25) is 4.79 Å². The van der Waals surface area contributed by atoms with Crippen LogP contribution in [0.1, 0.15) is 54.4 Å². The zero-order chi connectivity index (χ0) is 24.1. The second-order valence-electron chi connectivity index (χ2n) is 9.10. The van der Waals surface area contributed by atoms with Crippen LogP contribution in [0, 0.1) is 23.1 Å². The van der Waals surface area contributed by atoms with E-state index in [-0.39, 0.29) is 24.3 Å². The maximum absolute atomic E-state index is 14.8. The van der Waals surface area contributed by atoms with Crippen LogP contribution in [0.25, 0.3) is 0 Å². The van der Waals surface area contributed by atoms with E-state index in [0.717, 1.165) is 57.3 Å². The highest BCUT2D eigenvalue weighted by molar-refractivity contribution is 6.31. The molecule has 0 bridgehead atoms. The number of amides is 1. The number of nitrogens with one attached hydrogen (secondary N) is 1. The first kappa shape index (κ1) is 24.3. The summed E-state index contributed by atoms with van der Waals surface area (Å²) in [5, 5.41) is 21.6. The molecule has 180 valence electrons. The van der Waals surface area contributed by atoms with E-state index in [1.54, 1.807) is 30.3 Å². The molecule has 0 aromatic heterocycles. The van der Waals surface area contributed by atoms with Crippen molar-refractivity contribution in [2.24, 2.45) is 5.92 Å². The normalized spacial score (nSPS) is 21.1. The van der Waals surface area contributed by atoms with Gasteiger partial charge in [-0.15, -0.1) is 0 Å². The number of hydrogen-bond donors (Lipinski definition) is 2. The summed E-state index contributed by atoms with van der Waals surface area (Å²) in [6.45, 7) is 1.74. The van der Waals surface area contributed by atoms with Crippen molar-refractivity contribution in [3.05, 3.63) is 58.4 Å². The monoisotopic (exact) mass is 485 g/mol. The van der Waals surface area contributed by atoms with Crippen molar-refractivity contribution < 1.29 is 19.0 Å². The second-order valence-corrected chi connectivity index (χ2v) is 9.50. The lowest BCUT2D eigenvalue weighted by atomic mass is 9.92. The van der Waals surface area contributed by atoms with E-state index in [2.05, 4.69) is 10.2 Å². The molecule has 1 saturated carbocycles. The number of halogens is 2. The predicted octanol–water partition coefficient (Wildman–Crippen LogP) is 4.68. The summed E-state index contributed by atoms with van der Waals surface area (Å²) in [6.07, 6.45) is 4.75. The summed E-state index contributed by atoms with van der Waals surface area (Å²) in [7, 11) is 0. The van der Waals surface area contributed by atoms with Crippen LogP contribution >= 0.6 is 11.6 Å². The zero-order valence-electron chi connectivity index (χ0n) is 19.0. The molecule has 6 nitrogen and oxygen atoms in total. The molecule has 0 unspecified atom stereocenters. The van der Waals surface area contributed by atoms with E-state index in [4.69, 9.17) is 21.6 Å². The molecule has 1 amide bonds. The Kier molecular flexibility index (Phi) is 7.91. The number of aliphatic hydroxyl groups excluding tert-OH is 1. The first-order valence-corrected chi connectivity index (χ1v) is 12.2. The van der Waals surface area contributed by atoms with Gasteiger partial charge in [0.1, 0.15) is 17.6 Å². The highest BCUT2D eigenvalue weighted by Crippen LogP contribution is 2.28. The molecule has 1 aliphatic heterocycles. The molecule has 1 heterocycles. The molecule has 2 N–H and O–H groups in total. The average molecular weight is 486 g/mol. The number of nitriles is 1. The maximum Gasteiger partial charge on any atom is 0.254 e. The van der Waals surface area contributed by atoms with Crippen molar-refractivity contribution in [2.75, 3.05) is 24.6 Å². The fraction of sp³-hybridized carbons (Fsp3) is 0.462. The van der Waals surface area contributed by atoms with Gasteiger partial charge in [-0.1, -0.05) is 11.6 Å². The van der Waals surface area contributed by atoms with Gasteiger partial charge < -0.3 is 20.1 Å². The van der Waals surface area contributed by atoms with Gasteiger partial charge in [0.2, 0.25) is 0 Å². The lowest BCUT2D eigenvalue weighted by molar-refractivity contribution is 0.0890. The van der Waals surface area contributed by atoms with Gasteiger partial charge in [0.15, 0.2) is 0 Å². The van der Waals surface area contributed by atoms with E-state index in [0.29, 0.717) is 22.3 Å². The molecule has 2 aromatic carbocycles. The lowest BCUT2D eigenvalue weighted by Gasteiger charge is -2.33. The van der Waals surface area contributed by atoms with Gasteiger partial charge in [-0.25, -0.2) is 4.39 Å². The smallest absolute Gasteiger partial charge is 0.254 e. The summed E-state index contributed by atoms with van der Waals surface area (Å²) in [6, 6.07) is 11.8. The minimum atomic E-state index is -0.519. The van der Waals surface area contributed by atoms with Gasteiger partial charge in [-0.05, 0) is 74.8 Å². The van der Waals surface area contributed by atoms with E-state index >= 15 is 0 Å². The molecular weight excluding hydrogens is 457 g/mol. The predicted molar refractivity (Wildman–Crippen MR) is 129 cm³/mol. The number of hydrogen-bond acceptors (Lipinski definition) is 5. The van der Waals surface area contributed by atoms with Crippen LogP contribution < -0.4 is 15.0 Å². The van der Waals surface area contributed by atoms with Crippen molar-refractivity contribution in [2.45, 2.75) is 50.7 Å². The molecule has 2 aromatic rings. The van der Waals surface area contributed by atoms with Gasteiger partial charge in [-0.2, -0.15) is 5.26 Å². The largest absolute Gasteiger partial charge is 0.490 e. The fourth-order valence-electron chi connectivity index (χ4n) is 4.70.